The fourth-order valence-electron chi connectivity index (χ4n) is 1.86. The lowest BCUT2D eigenvalue weighted by Crippen LogP contribution is -2.46. The quantitative estimate of drug-likeness (QED) is 0.842. The first kappa shape index (κ1) is 14.5. The van der Waals surface area contributed by atoms with Gasteiger partial charge in [0.15, 0.2) is 0 Å². The van der Waals surface area contributed by atoms with E-state index in [-0.39, 0.29) is 11.4 Å². The zero-order valence-corrected chi connectivity index (χ0v) is 11.8. The van der Waals surface area contributed by atoms with Crippen LogP contribution in [0.4, 0.5) is 5.69 Å². The first-order valence-electron chi connectivity index (χ1n) is 5.99. The van der Waals surface area contributed by atoms with Crippen LogP contribution < -0.4 is 10.6 Å². The van der Waals surface area contributed by atoms with E-state index in [4.69, 9.17) is 4.74 Å². The van der Waals surface area contributed by atoms with Crippen LogP contribution in [0.1, 0.15) is 29.8 Å². The monoisotopic (exact) mass is 250 g/mol. The summed E-state index contributed by atoms with van der Waals surface area (Å²) in [6.07, 6.45) is 0. The van der Waals surface area contributed by atoms with Crippen molar-refractivity contribution in [1.29, 1.82) is 0 Å². The summed E-state index contributed by atoms with van der Waals surface area (Å²) in [6.45, 7) is 6.32. The van der Waals surface area contributed by atoms with Crippen molar-refractivity contribution in [2.75, 3.05) is 26.1 Å². The zero-order valence-electron chi connectivity index (χ0n) is 11.8. The summed E-state index contributed by atoms with van der Waals surface area (Å²) in [4.78, 5) is 12.1. The van der Waals surface area contributed by atoms with E-state index >= 15 is 0 Å². The van der Waals surface area contributed by atoms with Crippen molar-refractivity contribution in [3.8, 4) is 0 Å². The molecule has 0 aromatic heterocycles. The number of methoxy groups -OCH3 is 1. The van der Waals surface area contributed by atoms with E-state index in [1.54, 1.807) is 7.11 Å². The van der Waals surface area contributed by atoms with Crippen molar-refractivity contribution in [3.63, 3.8) is 0 Å². The van der Waals surface area contributed by atoms with Crippen LogP contribution in [0.3, 0.4) is 0 Å². The van der Waals surface area contributed by atoms with Crippen LogP contribution in [0.2, 0.25) is 0 Å². The van der Waals surface area contributed by atoms with E-state index in [0.717, 1.165) is 11.3 Å². The third kappa shape index (κ3) is 3.74. The van der Waals surface area contributed by atoms with E-state index in [2.05, 4.69) is 10.6 Å². The molecular weight excluding hydrogens is 228 g/mol. The normalized spacial score (nSPS) is 11.2. The number of carbonyl (C=O) groups excluding carboxylic acids is 1. The Kier molecular flexibility index (Phi) is 4.73. The van der Waals surface area contributed by atoms with Crippen molar-refractivity contribution in [2.45, 2.75) is 26.3 Å². The van der Waals surface area contributed by atoms with Gasteiger partial charge in [0, 0.05) is 25.4 Å². The van der Waals surface area contributed by atoms with Crippen LogP contribution in [-0.2, 0) is 4.74 Å². The topological polar surface area (TPSA) is 50.4 Å². The summed E-state index contributed by atoms with van der Waals surface area (Å²) in [5, 5.41) is 6.03. The summed E-state index contributed by atoms with van der Waals surface area (Å²) < 4.78 is 5.08. The Hall–Kier alpha value is -1.55. The maximum Gasteiger partial charge on any atom is 0.251 e. The highest BCUT2D eigenvalue weighted by atomic mass is 16.5. The van der Waals surface area contributed by atoms with Crippen molar-refractivity contribution in [1.82, 2.24) is 5.32 Å². The molecule has 0 atom stereocenters. The highest BCUT2D eigenvalue weighted by molar-refractivity contribution is 5.95. The van der Waals surface area contributed by atoms with Gasteiger partial charge in [0.2, 0.25) is 0 Å². The van der Waals surface area contributed by atoms with Gasteiger partial charge in [-0.1, -0.05) is 0 Å². The van der Waals surface area contributed by atoms with Gasteiger partial charge in [0.1, 0.15) is 0 Å². The maximum absolute atomic E-state index is 12.1. The van der Waals surface area contributed by atoms with Crippen molar-refractivity contribution in [2.24, 2.45) is 0 Å². The number of carbonyl (C=O) groups is 1. The van der Waals surface area contributed by atoms with Gasteiger partial charge in [0.25, 0.3) is 5.91 Å². The molecule has 100 valence electrons. The predicted molar refractivity (Wildman–Crippen MR) is 74.1 cm³/mol. The number of hydrogen-bond acceptors (Lipinski definition) is 3. The van der Waals surface area contributed by atoms with Crippen LogP contribution in [0.5, 0.6) is 0 Å². The number of nitrogens with one attached hydrogen (secondary N) is 2. The molecule has 0 bridgehead atoms. The minimum absolute atomic E-state index is 0.0807. The molecule has 1 amide bonds. The first-order chi connectivity index (χ1) is 8.39. The van der Waals surface area contributed by atoms with Gasteiger partial charge in [-0.15, -0.1) is 0 Å². The van der Waals surface area contributed by atoms with E-state index < -0.39 is 0 Å². The molecule has 4 heteroatoms. The van der Waals surface area contributed by atoms with E-state index in [1.165, 1.54) is 0 Å². The average Bonchev–Trinajstić information content (AvgIpc) is 2.28. The Morgan fingerprint density at radius 3 is 2.56 bits per heavy atom. The third-order valence-corrected chi connectivity index (χ3v) is 2.72. The summed E-state index contributed by atoms with van der Waals surface area (Å²) in [6, 6.07) is 5.61. The van der Waals surface area contributed by atoms with E-state index in [1.807, 2.05) is 46.0 Å². The number of ether oxygens (including phenoxy) is 1. The molecule has 1 rings (SSSR count). The minimum Gasteiger partial charge on any atom is -0.388 e. The Bertz CT molecular complexity index is 428. The summed E-state index contributed by atoms with van der Waals surface area (Å²) in [5.74, 6) is -0.0807. The van der Waals surface area contributed by atoms with Crippen LogP contribution in [0, 0.1) is 6.92 Å². The molecule has 1 aromatic rings. The molecule has 0 heterocycles. The fraction of sp³-hybridized carbons (Fsp3) is 0.500. The Morgan fingerprint density at radius 2 is 2.06 bits per heavy atom. The lowest BCUT2D eigenvalue weighted by molar-refractivity contribution is 0.0820. The molecule has 0 unspecified atom stereocenters. The second kappa shape index (κ2) is 5.87. The largest absolute Gasteiger partial charge is 0.388 e. The number of hydrogen-bond donors (Lipinski definition) is 2. The molecule has 0 aliphatic heterocycles. The highest BCUT2D eigenvalue weighted by Crippen LogP contribution is 2.16. The van der Waals surface area contributed by atoms with Gasteiger partial charge < -0.3 is 15.4 Å². The van der Waals surface area contributed by atoms with Gasteiger partial charge in [-0.3, -0.25) is 4.79 Å². The fourth-order valence-corrected chi connectivity index (χ4v) is 1.86. The molecule has 0 aliphatic rings. The van der Waals surface area contributed by atoms with Crippen molar-refractivity contribution in [3.05, 3.63) is 29.3 Å². The van der Waals surface area contributed by atoms with Gasteiger partial charge in [-0.2, -0.15) is 0 Å². The summed E-state index contributed by atoms with van der Waals surface area (Å²) in [5.41, 5.74) is 2.37. The van der Waals surface area contributed by atoms with Crippen LogP contribution in [0.25, 0.3) is 0 Å². The van der Waals surface area contributed by atoms with Crippen LogP contribution >= 0.6 is 0 Å². The van der Waals surface area contributed by atoms with Crippen LogP contribution in [0.15, 0.2) is 18.2 Å². The number of aryl methyl sites for hydroxylation is 1. The average molecular weight is 250 g/mol. The molecule has 0 fully saturated rings. The minimum atomic E-state index is -0.374. The lowest BCUT2D eigenvalue weighted by Gasteiger charge is -2.25. The molecule has 2 N–H and O–H groups in total. The Balaban J connectivity index is 2.82. The number of rotatable bonds is 5. The molecule has 0 spiro atoms. The van der Waals surface area contributed by atoms with Gasteiger partial charge in [-0.05, 0) is 44.5 Å². The predicted octanol–water partition coefficient (Wildman–Crippen LogP) is 2.19. The zero-order chi connectivity index (χ0) is 13.8. The summed E-state index contributed by atoms with van der Waals surface area (Å²) >= 11 is 0. The van der Waals surface area contributed by atoms with Gasteiger partial charge in [-0.25, -0.2) is 0 Å². The maximum atomic E-state index is 12.1. The first-order valence-corrected chi connectivity index (χ1v) is 5.99. The smallest absolute Gasteiger partial charge is 0.251 e. The molecule has 0 saturated carbocycles. The Morgan fingerprint density at radius 1 is 1.39 bits per heavy atom. The lowest BCUT2D eigenvalue weighted by atomic mass is 10.0. The molecular formula is C14H22N2O2. The molecule has 1 aromatic carbocycles. The van der Waals surface area contributed by atoms with E-state index in [9.17, 15) is 4.79 Å². The van der Waals surface area contributed by atoms with Gasteiger partial charge >= 0.3 is 0 Å². The number of benzene rings is 1. The summed E-state index contributed by atoms with van der Waals surface area (Å²) in [7, 11) is 3.49. The van der Waals surface area contributed by atoms with E-state index in [0.29, 0.717) is 12.2 Å². The molecule has 0 aliphatic carbocycles. The Labute approximate surface area is 109 Å². The standard InChI is InChI=1S/C14H22N2O2/c1-10-8-11(6-7-12(10)15-4)13(17)16-14(2,3)9-18-5/h6-8,15H,9H2,1-5H3,(H,16,17). The second-order valence-electron chi connectivity index (χ2n) is 5.05. The number of anilines is 1. The van der Waals surface area contributed by atoms with Crippen molar-refractivity contribution < 1.29 is 9.53 Å². The molecule has 0 radical (unpaired) electrons. The molecule has 18 heavy (non-hydrogen) atoms. The number of amides is 1. The SMILES string of the molecule is CNc1ccc(C(=O)NC(C)(C)COC)cc1C. The highest BCUT2D eigenvalue weighted by Gasteiger charge is 2.21. The van der Waals surface area contributed by atoms with Gasteiger partial charge in [0.05, 0.1) is 12.1 Å². The second-order valence-corrected chi connectivity index (χ2v) is 5.05. The molecule has 0 saturated heterocycles. The third-order valence-electron chi connectivity index (χ3n) is 2.72. The van der Waals surface area contributed by atoms with Crippen LogP contribution in [-0.4, -0.2) is 32.2 Å². The van der Waals surface area contributed by atoms with Crippen molar-refractivity contribution >= 4 is 11.6 Å². The molecule has 4 nitrogen and oxygen atoms in total.